The molecule has 0 bridgehead atoms. The largest absolute Gasteiger partial charge is 0.396 e. The van der Waals surface area contributed by atoms with Crippen LogP contribution < -0.4 is 11.1 Å². The molecule has 21 heavy (non-hydrogen) atoms. The fraction of sp³-hybridized carbons (Fsp3) is 0.333. The molecule has 6 heteroatoms. The van der Waals surface area contributed by atoms with E-state index >= 15 is 0 Å². The molecule has 0 saturated heterocycles. The van der Waals surface area contributed by atoms with E-state index < -0.39 is 0 Å². The number of aromatic nitrogens is 3. The minimum atomic E-state index is -0.324. The first kappa shape index (κ1) is 14.9. The van der Waals surface area contributed by atoms with Crippen LogP contribution in [0.5, 0.6) is 0 Å². The van der Waals surface area contributed by atoms with E-state index in [-0.39, 0.29) is 29.2 Å². The summed E-state index contributed by atoms with van der Waals surface area (Å²) in [5.74, 6) is 0.403. The van der Waals surface area contributed by atoms with Gasteiger partial charge in [-0.1, -0.05) is 19.9 Å². The van der Waals surface area contributed by atoms with Gasteiger partial charge in [-0.05, 0) is 19.1 Å². The summed E-state index contributed by atoms with van der Waals surface area (Å²) >= 11 is 0. The van der Waals surface area contributed by atoms with Gasteiger partial charge < -0.3 is 11.1 Å². The van der Waals surface area contributed by atoms with Gasteiger partial charge in [0.2, 0.25) is 0 Å². The highest BCUT2D eigenvalue weighted by atomic mass is 16.2. The van der Waals surface area contributed by atoms with Gasteiger partial charge in [-0.3, -0.25) is 9.78 Å². The number of nitrogen functional groups attached to an aromatic ring is 1. The summed E-state index contributed by atoms with van der Waals surface area (Å²) in [5.41, 5.74) is 7.06. The van der Waals surface area contributed by atoms with Crippen LogP contribution in [0.2, 0.25) is 0 Å². The van der Waals surface area contributed by atoms with Crippen molar-refractivity contribution in [2.24, 2.45) is 0 Å². The second kappa shape index (κ2) is 6.30. The van der Waals surface area contributed by atoms with Crippen LogP contribution in [0.3, 0.4) is 0 Å². The molecule has 0 spiro atoms. The average Bonchev–Trinajstić information content (AvgIpc) is 2.48. The number of carbonyl (C=O) groups excluding carboxylic acids is 1. The molecule has 1 unspecified atom stereocenters. The summed E-state index contributed by atoms with van der Waals surface area (Å²) in [4.78, 5) is 24.9. The Balaban J connectivity index is 2.19. The lowest BCUT2D eigenvalue weighted by molar-refractivity contribution is 0.0934. The standard InChI is InChI=1S/C15H19N5O/c1-9(2)14-18-8-11(16)13(20-14)15(21)19-10(3)12-6-4-5-7-17-12/h4-10H,16H2,1-3H3,(H,19,21). The van der Waals surface area contributed by atoms with Crippen molar-refractivity contribution in [2.75, 3.05) is 5.73 Å². The molecule has 1 amide bonds. The van der Waals surface area contributed by atoms with E-state index in [2.05, 4.69) is 20.3 Å². The Hall–Kier alpha value is -2.50. The van der Waals surface area contributed by atoms with E-state index in [4.69, 9.17) is 5.73 Å². The van der Waals surface area contributed by atoms with E-state index in [1.54, 1.807) is 6.20 Å². The minimum Gasteiger partial charge on any atom is -0.396 e. The molecule has 0 aliphatic carbocycles. The maximum Gasteiger partial charge on any atom is 0.272 e. The molecule has 0 aliphatic rings. The number of carbonyl (C=O) groups is 1. The Labute approximate surface area is 123 Å². The molecule has 6 nitrogen and oxygen atoms in total. The van der Waals surface area contributed by atoms with Crippen molar-refractivity contribution in [3.63, 3.8) is 0 Å². The van der Waals surface area contributed by atoms with E-state index in [0.717, 1.165) is 5.69 Å². The summed E-state index contributed by atoms with van der Waals surface area (Å²) in [6, 6.07) is 5.33. The zero-order valence-corrected chi connectivity index (χ0v) is 12.4. The zero-order chi connectivity index (χ0) is 15.4. The molecule has 2 aromatic heterocycles. The lowest BCUT2D eigenvalue weighted by Crippen LogP contribution is -2.29. The molecule has 3 N–H and O–H groups in total. The quantitative estimate of drug-likeness (QED) is 0.896. The van der Waals surface area contributed by atoms with E-state index in [9.17, 15) is 4.79 Å². The number of nitrogens with one attached hydrogen (secondary N) is 1. The second-order valence-electron chi connectivity index (χ2n) is 5.14. The summed E-state index contributed by atoms with van der Waals surface area (Å²) in [7, 11) is 0. The van der Waals surface area contributed by atoms with Gasteiger partial charge in [0, 0.05) is 12.1 Å². The Morgan fingerprint density at radius 1 is 1.24 bits per heavy atom. The van der Waals surface area contributed by atoms with Gasteiger partial charge in [0.05, 0.1) is 23.6 Å². The van der Waals surface area contributed by atoms with E-state index in [1.165, 1.54) is 6.20 Å². The molecule has 0 saturated carbocycles. The van der Waals surface area contributed by atoms with Crippen molar-refractivity contribution in [3.05, 3.63) is 47.8 Å². The molecular formula is C15H19N5O. The third-order valence-corrected chi connectivity index (χ3v) is 3.05. The van der Waals surface area contributed by atoms with Crippen molar-refractivity contribution >= 4 is 11.6 Å². The van der Waals surface area contributed by atoms with Crippen LogP contribution in [-0.2, 0) is 0 Å². The summed E-state index contributed by atoms with van der Waals surface area (Å²) in [6.45, 7) is 5.79. The Morgan fingerprint density at radius 3 is 2.62 bits per heavy atom. The number of nitrogens with zero attached hydrogens (tertiary/aromatic N) is 3. The van der Waals surface area contributed by atoms with Crippen molar-refractivity contribution in [2.45, 2.75) is 32.7 Å². The monoisotopic (exact) mass is 285 g/mol. The average molecular weight is 285 g/mol. The van der Waals surface area contributed by atoms with Crippen LogP contribution in [0.1, 0.15) is 54.7 Å². The molecule has 2 aromatic rings. The van der Waals surface area contributed by atoms with Gasteiger partial charge in [-0.2, -0.15) is 0 Å². The molecule has 0 fully saturated rings. The van der Waals surface area contributed by atoms with E-state index in [1.807, 2.05) is 39.0 Å². The van der Waals surface area contributed by atoms with Crippen molar-refractivity contribution in [1.82, 2.24) is 20.3 Å². The van der Waals surface area contributed by atoms with Gasteiger partial charge in [0.25, 0.3) is 5.91 Å². The smallest absolute Gasteiger partial charge is 0.272 e. The van der Waals surface area contributed by atoms with Gasteiger partial charge in [-0.15, -0.1) is 0 Å². The lowest BCUT2D eigenvalue weighted by atomic mass is 10.2. The number of anilines is 1. The van der Waals surface area contributed by atoms with Crippen LogP contribution in [0, 0.1) is 0 Å². The number of amides is 1. The normalized spacial score (nSPS) is 12.2. The molecule has 0 aromatic carbocycles. The molecule has 0 aliphatic heterocycles. The topological polar surface area (TPSA) is 93.8 Å². The highest BCUT2D eigenvalue weighted by Gasteiger charge is 2.17. The number of hydrogen-bond acceptors (Lipinski definition) is 5. The number of pyridine rings is 1. The van der Waals surface area contributed by atoms with Gasteiger partial charge in [-0.25, -0.2) is 9.97 Å². The van der Waals surface area contributed by atoms with Crippen LogP contribution in [-0.4, -0.2) is 20.9 Å². The van der Waals surface area contributed by atoms with E-state index in [0.29, 0.717) is 5.82 Å². The molecule has 1 atom stereocenters. The van der Waals surface area contributed by atoms with Crippen molar-refractivity contribution < 1.29 is 4.79 Å². The second-order valence-corrected chi connectivity index (χ2v) is 5.14. The highest BCUT2D eigenvalue weighted by molar-refractivity contribution is 5.97. The first-order valence-electron chi connectivity index (χ1n) is 6.83. The maximum atomic E-state index is 12.3. The van der Waals surface area contributed by atoms with Crippen molar-refractivity contribution in [3.8, 4) is 0 Å². The predicted molar refractivity (Wildman–Crippen MR) is 80.7 cm³/mol. The Kier molecular flexibility index (Phi) is 4.47. The fourth-order valence-electron chi connectivity index (χ4n) is 1.84. The summed E-state index contributed by atoms with van der Waals surface area (Å²) < 4.78 is 0. The minimum absolute atomic E-state index is 0.130. The number of nitrogens with two attached hydrogens (primary N) is 1. The molecule has 2 heterocycles. The van der Waals surface area contributed by atoms with Crippen molar-refractivity contribution in [1.29, 1.82) is 0 Å². The third kappa shape index (κ3) is 3.53. The zero-order valence-electron chi connectivity index (χ0n) is 12.4. The fourth-order valence-corrected chi connectivity index (χ4v) is 1.84. The van der Waals surface area contributed by atoms with Crippen LogP contribution in [0.15, 0.2) is 30.6 Å². The summed E-state index contributed by atoms with van der Waals surface area (Å²) in [5, 5.41) is 2.85. The highest BCUT2D eigenvalue weighted by Crippen LogP contribution is 2.15. The first-order chi connectivity index (χ1) is 9.99. The molecular weight excluding hydrogens is 266 g/mol. The Morgan fingerprint density at radius 2 is 2.00 bits per heavy atom. The van der Waals surface area contributed by atoms with Gasteiger partial charge in [0.15, 0.2) is 5.69 Å². The molecule has 2 rings (SSSR count). The molecule has 110 valence electrons. The third-order valence-electron chi connectivity index (χ3n) is 3.05. The van der Waals surface area contributed by atoms with Gasteiger partial charge in [0.1, 0.15) is 5.82 Å². The maximum absolute atomic E-state index is 12.3. The number of hydrogen-bond donors (Lipinski definition) is 2. The number of rotatable bonds is 4. The van der Waals surface area contributed by atoms with Crippen LogP contribution in [0.25, 0.3) is 0 Å². The Bertz CT molecular complexity index is 627. The summed E-state index contributed by atoms with van der Waals surface area (Å²) in [6.07, 6.45) is 3.16. The molecule has 0 radical (unpaired) electrons. The SMILES string of the molecule is CC(C)c1ncc(N)c(C(=O)NC(C)c2ccccn2)n1. The van der Waals surface area contributed by atoms with Crippen LogP contribution >= 0.6 is 0 Å². The van der Waals surface area contributed by atoms with Crippen LogP contribution in [0.4, 0.5) is 5.69 Å². The predicted octanol–water partition coefficient (Wildman–Crippen LogP) is 2.07. The van der Waals surface area contributed by atoms with Gasteiger partial charge >= 0.3 is 0 Å². The first-order valence-corrected chi connectivity index (χ1v) is 6.83. The lowest BCUT2D eigenvalue weighted by Gasteiger charge is -2.14.